The average Bonchev–Trinajstić information content (AvgIpc) is 3.27. The molecule has 21 heavy (non-hydrogen) atoms. The summed E-state index contributed by atoms with van der Waals surface area (Å²) < 4.78 is 0. The van der Waals surface area contributed by atoms with Gasteiger partial charge in [0.15, 0.2) is 0 Å². The molecule has 1 aliphatic carbocycles. The van der Waals surface area contributed by atoms with E-state index in [1.807, 2.05) is 24.3 Å². The van der Waals surface area contributed by atoms with Crippen LogP contribution in [-0.2, 0) is 9.59 Å². The van der Waals surface area contributed by atoms with Crippen molar-refractivity contribution in [3.05, 3.63) is 34.9 Å². The van der Waals surface area contributed by atoms with E-state index in [0.717, 1.165) is 18.4 Å². The zero-order valence-corrected chi connectivity index (χ0v) is 12.4. The van der Waals surface area contributed by atoms with Gasteiger partial charge in [0.05, 0.1) is 5.92 Å². The Morgan fingerprint density at radius 2 is 2.14 bits per heavy atom. The Bertz CT molecular complexity index is 574. The Hall–Kier alpha value is -1.55. The lowest BCUT2D eigenvalue weighted by Gasteiger charge is -2.31. The van der Waals surface area contributed by atoms with E-state index >= 15 is 0 Å². The molecular weight excluding hydrogens is 290 g/mol. The molecule has 0 bridgehead atoms. The number of rotatable bonds is 3. The molecule has 4 nitrogen and oxygen atoms in total. The number of carboxylic acid groups (broad SMARTS) is 1. The molecule has 1 N–H and O–H groups in total. The highest BCUT2D eigenvalue weighted by atomic mass is 35.5. The average molecular weight is 308 g/mol. The molecule has 2 aliphatic rings. The van der Waals surface area contributed by atoms with Crippen molar-refractivity contribution in [3.63, 3.8) is 0 Å². The number of carboxylic acids is 1. The molecule has 1 amide bonds. The molecular formula is C16H18ClNO3. The van der Waals surface area contributed by atoms with E-state index in [4.69, 9.17) is 16.7 Å². The molecule has 2 fully saturated rings. The van der Waals surface area contributed by atoms with Crippen molar-refractivity contribution in [2.75, 3.05) is 13.1 Å². The Labute approximate surface area is 128 Å². The smallest absolute Gasteiger partial charge is 0.308 e. The van der Waals surface area contributed by atoms with Gasteiger partial charge in [0.2, 0.25) is 5.91 Å². The van der Waals surface area contributed by atoms with Crippen molar-refractivity contribution >= 4 is 23.5 Å². The molecule has 0 spiro atoms. The van der Waals surface area contributed by atoms with Crippen LogP contribution in [0.25, 0.3) is 0 Å². The van der Waals surface area contributed by atoms with Crippen molar-refractivity contribution < 1.29 is 14.7 Å². The molecule has 0 unspecified atom stereocenters. The summed E-state index contributed by atoms with van der Waals surface area (Å²) in [6.07, 6.45) is 2.28. The van der Waals surface area contributed by atoms with E-state index in [1.165, 1.54) is 0 Å². The molecule has 1 saturated carbocycles. The lowest BCUT2D eigenvalue weighted by atomic mass is 9.97. The number of halogens is 1. The Morgan fingerprint density at radius 1 is 1.33 bits per heavy atom. The zero-order valence-electron chi connectivity index (χ0n) is 11.7. The van der Waals surface area contributed by atoms with Crippen LogP contribution in [0, 0.1) is 11.8 Å². The number of benzene rings is 1. The van der Waals surface area contributed by atoms with Gasteiger partial charge >= 0.3 is 5.97 Å². The molecule has 0 radical (unpaired) electrons. The fourth-order valence-electron chi connectivity index (χ4n) is 3.19. The van der Waals surface area contributed by atoms with Crippen molar-refractivity contribution in [1.82, 2.24) is 4.90 Å². The predicted molar refractivity (Wildman–Crippen MR) is 79.2 cm³/mol. The Balaban J connectivity index is 1.63. The minimum absolute atomic E-state index is 0.00369. The van der Waals surface area contributed by atoms with Crippen LogP contribution < -0.4 is 0 Å². The van der Waals surface area contributed by atoms with E-state index in [-0.39, 0.29) is 17.7 Å². The fourth-order valence-corrected chi connectivity index (χ4v) is 3.39. The summed E-state index contributed by atoms with van der Waals surface area (Å²) in [5, 5.41) is 9.79. The van der Waals surface area contributed by atoms with Crippen molar-refractivity contribution in [2.24, 2.45) is 11.8 Å². The quantitative estimate of drug-likeness (QED) is 0.934. The first-order chi connectivity index (χ1) is 10.1. The minimum atomic E-state index is -0.797. The highest BCUT2D eigenvalue weighted by molar-refractivity contribution is 6.30. The van der Waals surface area contributed by atoms with E-state index in [1.54, 1.807) is 4.90 Å². The van der Waals surface area contributed by atoms with E-state index in [0.29, 0.717) is 24.5 Å². The number of aliphatic carboxylic acids is 1. The van der Waals surface area contributed by atoms with Gasteiger partial charge in [-0.1, -0.05) is 23.7 Å². The van der Waals surface area contributed by atoms with Crippen LogP contribution in [0.1, 0.15) is 30.7 Å². The molecule has 5 heteroatoms. The van der Waals surface area contributed by atoms with Gasteiger partial charge in [-0.25, -0.2) is 0 Å². The first-order valence-electron chi connectivity index (χ1n) is 7.33. The molecule has 1 aromatic carbocycles. The highest BCUT2D eigenvalue weighted by Gasteiger charge is 2.46. The summed E-state index contributed by atoms with van der Waals surface area (Å²) in [5.74, 6) is -0.871. The molecule has 0 aromatic heterocycles. The third kappa shape index (κ3) is 3.05. The van der Waals surface area contributed by atoms with E-state index in [9.17, 15) is 9.59 Å². The van der Waals surface area contributed by atoms with Crippen LogP contribution in [-0.4, -0.2) is 35.0 Å². The van der Waals surface area contributed by atoms with Gasteiger partial charge in [-0.3, -0.25) is 9.59 Å². The Kier molecular flexibility index (Phi) is 3.89. The lowest BCUT2D eigenvalue weighted by Crippen LogP contribution is -2.43. The lowest BCUT2D eigenvalue weighted by molar-refractivity contribution is -0.146. The topological polar surface area (TPSA) is 57.6 Å². The second kappa shape index (κ2) is 5.68. The van der Waals surface area contributed by atoms with Crippen LogP contribution in [0.2, 0.25) is 5.02 Å². The normalized spacial score (nSPS) is 28.2. The second-order valence-electron chi connectivity index (χ2n) is 5.97. The minimum Gasteiger partial charge on any atom is -0.481 e. The van der Waals surface area contributed by atoms with Gasteiger partial charge in [-0.15, -0.1) is 0 Å². The van der Waals surface area contributed by atoms with Crippen molar-refractivity contribution in [1.29, 1.82) is 0 Å². The summed E-state index contributed by atoms with van der Waals surface area (Å²) in [6.45, 7) is 1.04. The van der Waals surface area contributed by atoms with E-state index in [2.05, 4.69) is 0 Å². The molecule has 1 aromatic rings. The maximum atomic E-state index is 12.5. The van der Waals surface area contributed by atoms with Gasteiger partial charge in [0.1, 0.15) is 0 Å². The summed E-state index contributed by atoms with van der Waals surface area (Å²) in [6, 6.07) is 7.64. The van der Waals surface area contributed by atoms with Gasteiger partial charge in [0.25, 0.3) is 0 Å². The maximum Gasteiger partial charge on any atom is 0.308 e. The third-order valence-corrected chi connectivity index (χ3v) is 4.70. The van der Waals surface area contributed by atoms with Crippen LogP contribution in [0.3, 0.4) is 0 Å². The largest absolute Gasteiger partial charge is 0.481 e. The Morgan fingerprint density at radius 3 is 2.86 bits per heavy atom. The van der Waals surface area contributed by atoms with Crippen molar-refractivity contribution in [3.8, 4) is 0 Å². The van der Waals surface area contributed by atoms with E-state index < -0.39 is 11.9 Å². The molecule has 1 saturated heterocycles. The molecule has 112 valence electrons. The highest BCUT2D eigenvalue weighted by Crippen LogP contribution is 2.49. The predicted octanol–water partition coefficient (Wildman–Crippen LogP) is 2.77. The molecule has 3 atom stereocenters. The second-order valence-corrected chi connectivity index (χ2v) is 6.40. The molecule has 3 rings (SSSR count). The number of carbonyl (C=O) groups excluding carboxylic acids is 1. The summed E-state index contributed by atoms with van der Waals surface area (Å²) in [5.41, 5.74) is 1.10. The number of likely N-dealkylation sites (tertiary alicyclic amines) is 1. The van der Waals surface area contributed by atoms with Gasteiger partial charge in [-0.2, -0.15) is 0 Å². The number of amides is 1. The first-order valence-corrected chi connectivity index (χ1v) is 7.71. The summed E-state index contributed by atoms with van der Waals surface area (Å²) in [7, 11) is 0. The number of carbonyl (C=O) groups is 2. The number of nitrogens with zero attached hydrogens (tertiary/aromatic N) is 1. The zero-order chi connectivity index (χ0) is 15.0. The first kappa shape index (κ1) is 14.4. The van der Waals surface area contributed by atoms with Crippen LogP contribution in [0.15, 0.2) is 24.3 Å². The van der Waals surface area contributed by atoms with Crippen LogP contribution >= 0.6 is 11.6 Å². The number of hydrogen-bond donors (Lipinski definition) is 1. The SMILES string of the molecule is O=C(O)[C@@H]1CCCN(C(=O)[C@@H]2C[C@@H]2c2cccc(Cl)c2)C1. The number of piperidine rings is 1. The summed E-state index contributed by atoms with van der Waals surface area (Å²) in [4.78, 5) is 25.3. The van der Waals surface area contributed by atoms with Gasteiger partial charge < -0.3 is 10.0 Å². The monoisotopic (exact) mass is 307 g/mol. The van der Waals surface area contributed by atoms with Crippen LogP contribution in [0.5, 0.6) is 0 Å². The fraction of sp³-hybridized carbons (Fsp3) is 0.500. The van der Waals surface area contributed by atoms with Crippen molar-refractivity contribution in [2.45, 2.75) is 25.2 Å². The maximum absolute atomic E-state index is 12.5. The van der Waals surface area contributed by atoms with Gasteiger partial charge in [-0.05, 0) is 42.9 Å². The molecule has 1 aliphatic heterocycles. The standard InChI is InChI=1S/C16H18ClNO3/c17-12-5-1-3-10(7-12)13-8-14(13)15(19)18-6-2-4-11(9-18)16(20)21/h1,3,5,7,11,13-14H,2,4,6,8-9H2,(H,20,21)/t11-,13-,14-/m1/s1. The van der Waals surface area contributed by atoms with Crippen LogP contribution in [0.4, 0.5) is 0 Å². The molecule has 1 heterocycles. The third-order valence-electron chi connectivity index (χ3n) is 4.47. The number of hydrogen-bond acceptors (Lipinski definition) is 2. The summed E-state index contributed by atoms with van der Waals surface area (Å²) >= 11 is 5.99. The van der Waals surface area contributed by atoms with Gasteiger partial charge in [0, 0.05) is 24.0 Å².